The van der Waals surface area contributed by atoms with Crippen LogP contribution in [-0.2, 0) is 0 Å². The van der Waals surface area contributed by atoms with Gasteiger partial charge < -0.3 is 15.2 Å². The van der Waals surface area contributed by atoms with Crippen LogP contribution in [0.3, 0.4) is 0 Å². The molecule has 6 nitrogen and oxygen atoms in total. The Kier molecular flexibility index (Phi) is 2.33. The zero-order valence-electron chi connectivity index (χ0n) is 9.71. The number of rotatable bonds is 2. The van der Waals surface area contributed by atoms with Gasteiger partial charge in [-0.05, 0) is 24.6 Å². The topological polar surface area (TPSA) is 93.6 Å². The van der Waals surface area contributed by atoms with Crippen molar-refractivity contribution in [2.45, 2.75) is 6.92 Å². The van der Waals surface area contributed by atoms with Gasteiger partial charge in [0.2, 0.25) is 5.82 Å². The first kappa shape index (κ1) is 10.5. The first-order valence-electron chi connectivity index (χ1n) is 5.44. The molecule has 0 bridgehead atoms. The monoisotopic (exact) mass is 241 g/mol. The largest absolute Gasteiger partial charge is 0.398 e. The molecule has 0 spiro atoms. The number of nitrogens with two attached hydrogens (primary N) is 1. The van der Waals surface area contributed by atoms with Gasteiger partial charge in [0.1, 0.15) is 0 Å². The lowest BCUT2D eigenvalue weighted by Gasteiger charge is -2.02. The molecule has 0 atom stereocenters. The molecule has 0 radical (unpaired) electrons. The van der Waals surface area contributed by atoms with E-state index in [1.807, 2.05) is 25.1 Å². The van der Waals surface area contributed by atoms with E-state index >= 15 is 0 Å². The van der Waals surface area contributed by atoms with Gasteiger partial charge in [0.05, 0.1) is 0 Å². The SMILES string of the molecule is Cc1c(N)cccc1-c1nc(-c2ncc[nH]2)no1. The molecule has 0 aliphatic heterocycles. The molecule has 18 heavy (non-hydrogen) atoms. The number of hydrogen-bond donors (Lipinski definition) is 2. The van der Waals surface area contributed by atoms with Crippen LogP contribution < -0.4 is 5.73 Å². The number of nitrogens with one attached hydrogen (secondary N) is 1. The van der Waals surface area contributed by atoms with Gasteiger partial charge in [-0.15, -0.1) is 0 Å². The second kappa shape index (κ2) is 3.99. The highest BCUT2D eigenvalue weighted by molar-refractivity contribution is 5.67. The highest BCUT2D eigenvalue weighted by atomic mass is 16.5. The summed E-state index contributed by atoms with van der Waals surface area (Å²) in [6, 6.07) is 5.59. The summed E-state index contributed by atoms with van der Waals surface area (Å²) in [4.78, 5) is 11.3. The lowest BCUT2D eigenvalue weighted by atomic mass is 10.1. The van der Waals surface area contributed by atoms with E-state index in [-0.39, 0.29) is 0 Å². The molecule has 6 heteroatoms. The second-order valence-corrected chi connectivity index (χ2v) is 3.88. The number of hydrogen-bond acceptors (Lipinski definition) is 5. The number of imidazole rings is 1. The first-order valence-corrected chi connectivity index (χ1v) is 5.44. The van der Waals surface area contributed by atoms with Crippen LogP contribution in [0.1, 0.15) is 5.56 Å². The van der Waals surface area contributed by atoms with E-state index < -0.39 is 0 Å². The number of nitrogen functional groups attached to an aromatic ring is 1. The number of anilines is 1. The van der Waals surface area contributed by atoms with E-state index in [4.69, 9.17) is 10.3 Å². The first-order chi connectivity index (χ1) is 8.75. The van der Waals surface area contributed by atoms with Gasteiger partial charge in [-0.25, -0.2) is 4.98 Å². The quantitative estimate of drug-likeness (QED) is 0.669. The Bertz CT molecular complexity index is 672. The summed E-state index contributed by atoms with van der Waals surface area (Å²) >= 11 is 0. The van der Waals surface area contributed by atoms with Crippen molar-refractivity contribution in [1.29, 1.82) is 0 Å². The summed E-state index contributed by atoms with van der Waals surface area (Å²) in [5, 5.41) is 3.89. The summed E-state index contributed by atoms with van der Waals surface area (Å²) in [6.07, 6.45) is 3.34. The van der Waals surface area contributed by atoms with E-state index in [1.165, 1.54) is 0 Å². The van der Waals surface area contributed by atoms with Crippen molar-refractivity contribution in [3.05, 3.63) is 36.2 Å². The van der Waals surface area contributed by atoms with Crippen LogP contribution in [-0.4, -0.2) is 20.1 Å². The zero-order valence-corrected chi connectivity index (χ0v) is 9.71. The molecular weight excluding hydrogens is 230 g/mol. The molecule has 0 aliphatic carbocycles. The number of nitrogens with zero attached hydrogens (tertiary/aromatic N) is 3. The van der Waals surface area contributed by atoms with Crippen LogP contribution in [0.15, 0.2) is 35.1 Å². The number of aromatic nitrogens is 4. The maximum absolute atomic E-state index is 5.85. The Balaban J connectivity index is 2.06. The highest BCUT2D eigenvalue weighted by Crippen LogP contribution is 2.26. The van der Waals surface area contributed by atoms with Gasteiger partial charge in [-0.1, -0.05) is 11.2 Å². The average molecular weight is 241 g/mol. The van der Waals surface area contributed by atoms with Crippen molar-refractivity contribution in [2.75, 3.05) is 5.73 Å². The summed E-state index contributed by atoms with van der Waals surface area (Å²) < 4.78 is 5.23. The van der Waals surface area contributed by atoms with Gasteiger partial charge in [0.25, 0.3) is 5.89 Å². The Labute approximate surface area is 103 Å². The van der Waals surface area contributed by atoms with E-state index in [1.54, 1.807) is 12.4 Å². The fourth-order valence-electron chi connectivity index (χ4n) is 1.70. The molecule has 2 aromatic heterocycles. The lowest BCUT2D eigenvalue weighted by Crippen LogP contribution is -1.92. The van der Waals surface area contributed by atoms with Gasteiger partial charge >= 0.3 is 0 Å². The molecule has 0 aliphatic rings. The Hall–Kier alpha value is -2.63. The van der Waals surface area contributed by atoms with Crippen molar-refractivity contribution in [2.24, 2.45) is 0 Å². The lowest BCUT2D eigenvalue weighted by molar-refractivity contribution is 0.431. The minimum atomic E-state index is 0.428. The van der Waals surface area contributed by atoms with Gasteiger partial charge in [-0.2, -0.15) is 4.98 Å². The normalized spacial score (nSPS) is 10.7. The Morgan fingerprint density at radius 1 is 1.33 bits per heavy atom. The summed E-state index contributed by atoms with van der Waals surface area (Å²) in [5.41, 5.74) is 8.31. The molecule has 3 N–H and O–H groups in total. The van der Waals surface area contributed by atoms with E-state index in [9.17, 15) is 0 Å². The van der Waals surface area contributed by atoms with Gasteiger partial charge in [0, 0.05) is 23.6 Å². The van der Waals surface area contributed by atoms with E-state index in [2.05, 4.69) is 20.1 Å². The molecule has 3 rings (SSSR count). The van der Waals surface area contributed by atoms with Crippen LogP contribution in [0, 0.1) is 6.92 Å². The third-order valence-electron chi connectivity index (χ3n) is 2.74. The predicted octanol–water partition coefficient (Wildman–Crippen LogP) is 2.02. The molecule has 0 saturated carbocycles. The maximum Gasteiger partial charge on any atom is 0.258 e. The smallest absolute Gasteiger partial charge is 0.258 e. The van der Waals surface area contributed by atoms with Crippen LogP contribution in [0.4, 0.5) is 5.69 Å². The van der Waals surface area contributed by atoms with Crippen molar-refractivity contribution < 1.29 is 4.52 Å². The zero-order chi connectivity index (χ0) is 12.5. The highest BCUT2D eigenvalue weighted by Gasteiger charge is 2.14. The molecule has 0 fully saturated rings. The average Bonchev–Trinajstić information content (AvgIpc) is 3.01. The predicted molar refractivity (Wildman–Crippen MR) is 66.5 cm³/mol. The van der Waals surface area contributed by atoms with E-state index in [0.29, 0.717) is 23.2 Å². The van der Waals surface area contributed by atoms with Crippen molar-refractivity contribution >= 4 is 5.69 Å². The minimum Gasteiger partial charge on any atom is -0.398 e. The van der Waals surface area contributed by atoms with E-state index in [0.717, 1.165) is 11.1 Å². The Morgan fingerprint density at radius 2 is 2.22 bits per heavy atom. The van der Waals surface area contributed by atoms with Crippen molar-refractivity contribution in [1.82, 2.24) is 20.1 Å². The summed E-state index contributed by atoms with van der Waals surface area (Å²) in [5.74, 6) is 1.44. The van der Waals surface area contributed by atoms with Crippen molar-refractivity contribution in [3.63, 3.8) is 0 Å². The molecule has 0 unspecified atom stereocenters. The van der Waals surface area contributed by atoms with Crippen LogP contribution >= 0.6 is 0 Å². The summed E-state index contributed by atoms with van der Waals surface area (Å²) in [7, 11) is 0. The van der Waals surface area contributed by atoms with Gasteiger partial charge in [-0.3, -0.25) is 0 Å². The fourth-order valence-corrected chi connectivity index (χ4v) is 1.70. The number of H-pyrrole nitrogens is 1. The number of benzene rings is 1. The maximum atomic E-state index is 5.85. The fraction of sp³-hybridized carbons (Fsp3) is 0.0833. The standard InChI is InChI=1S/C12H11N5O/c1-7-8(3-2-4-9(7)13)12-16-11(17-18-12)10-14-5-6-15-10/h2-6H,13H2,1H3,(H,14,15). The molecule has 3 aromatic rings. The van der Waals surface area contributed by atoms with Crippen LogP contribution in [0.2, 0.25) is 0 Å². The van der Waals surface area contributed by atoms with Crippen LogP contribution in [0.25, 0.3) is 23.1 Å². The molecule has 1 aromatic carbocycles. The second-order valence-electron chi connectivity index (χ2n) is 3.88. The minimum absolute atomic E-state index is 0.428. The molecule has 2 heterocycles. The molecule has 0 amide bonds. The molecular formula is C12H11N5O. The van der Waals surface area contributed by atoms with Crippen molar-refractivity contribution in [3.8, 4) is 23.1 Å². The van der Waals surface area contributed by atoms with Crippen LogP contribution in [0.5, 0.6) is 0 Å². The third kappa shape index (κ3) is 1.64. The molecule has 0 saturated heterocycles. The third-order valence-corrected chi connectivity index (χ3v) is 2.74. The summed E-state index contributed by atoms with van der Waals surface area (Å²) in [6.45, 7) is 1.92. The number of aromatic amines is 1. The van der Waals surface area contributed by atoms with Gasteiger partial charge in [0.15, 0.2) is 5.82 Å². The Morgan fingerprint density at radius 3 is 3.00 bits per heavy atom. The molecule has 90 valence electrons.